The average molecular weight is 531 g/mol. The third kappa shape index (κ3) is 6.55. The van der Waals surface area contributed by atoms with E-state index < -0.39 is 11.9 Å². The highest BCUT2D eigenvalue weighted by Gasteiger charge is 2.18. The van der Waals surface area contributed by atoms with Gasteiger partial charge in [-0.2, -0.15) is 5.26 Å². The summed E-state index contributed by atoms with van der Waals surface area (Å²) in [5.74, 6) is -0.237. The minimum atomic E-state index is -0.653. The predicted molar refractivity (Wildman–Crippen MR) is 136 cm³/mol. The maximum atomic E-state index is 12.7. The summed E-state index contributed by atoms with van der Waals surface area (Å²) in [7, 11) is 1.52. The van der Waals surface area contributed by atoms with E-state index in [4.69, 9.17) is 37.4 Å². The molecule has 0 saturated heterocycles. The number of benzene rings is 2. The monoisotopic (exact) mass is 530 g/mol. The molecule has 35 heavy (non-hydrogen) atoms. The zero-order chi connectivity index (χ0) is 25.4. The number of anilines is 1. The lowest BCUT2D eigenvalue weighted by Crippen LogP contribution is -2.15. The second kappa shape index (κ2) is 12.3. The van der Waals surface area contributed by atoms with E-state index in [1.54, 1.807) is 54.8 Å². The number of nitrogens with one attached hydrogen (secondary N) is 1. The lowest BCUT2D eigenvalue weighted by molar-refractivity contribution is -0.112. The molecule has 1 aromatic heterocycles. The molecule has 0 radical (unpaired) electrons. The number of nitrogens with zero attached hydrogens (tertiary/aromatic N) is 1. The molecule has 3 rings (SSSR count). The van der Waals surface area contributed by atoms with Crippen molar-refractivity contribution < 1.29 is 23.8 Å². The normalized spacial score (nSPS) is 10.9. The van der Waals surface area contributed by atoms with Crippen LogP contribution in [0.4, 0.5) is 5.00 Å². The van der Waals surface area contributed by atoms with Crippen LogP contribution in [-0.2, 0) is 16.1 Å². The quantitative estimate of drug-likeness (QED) is 0.196. The van der Waals surface area contributed by atoms with Crippen molar-refractivity contribution in [1.82, 2.24) is 0 Å². The van der Waals surface area contributed by atoms with Crippen LogP contribution in [0, 0.1) is 11.3 Å². The smallest absolute Gasteiger partial charge is 0.341 e. The lowest BCUT2D eigenvalue weighted by atomic mass is 10.1. The van der Waals surface area contributed by atoms with Gasteiger partial charge in [-0.3, -0.25) is 4.79 Å². The predicted octanol–water partition coefficient (Wildman–Crippen LogP) is 6.36. The summed E-state index contributed by atoms with van der Waals surface area (Å²) in [6.07, 6.45) is 1.43. The average Bonchev–Trinajstić information content (AvgIpc) is 3.31. The van der Waals surface area contributed by atoms with Gasteiger partial charge in [0, 0.05) is 5.56 Å². The summed E-state index contributed by atoms with van der Waals surface area (Å²) in [5, 5.41) is 14.8. The second-order valence-corrected chi connectivity index (χ2v) is 8.62. The zero-order valence-corrected chi connectivity index (χ0v) is 21.1. The number of nitriles is 1. The van der Waals surface area contributed by atoms with Crippen LogP contribution in [0.3, 0.4) is 0 Å². The maximum Gasteiger partial charge on any atom is 0.341 e. The van der Waals surface area contributed by atoms with Crippen LogP contribution in [0.15, 0.2) is 53.4 Å². The van der Waals surface area contributed by atoms with Crippen LogP contribution in [0.1, 0.15) is 28.4 Å². The van der Waals surface area contributed by atoms with E-state index in [-0.39, 0.29) is 24.4 Å². The van der Waals surface area contributed by atoms with Crippen LogP contribution in [-0.4, -0.2) is 25.6 Å². The molecule has 0 saturated carbocycles. The zero-order valence-electron chi connectivity index (χ0n) is 18.8. The van der Waals surface area contributed by atoms with Crippen LogP contribution in [0.5, 0.6) is 11.5 Å². The number of ether oxygens (including phenoxy) is 3. The van der Waals surface area contributed by atoms with Gasteiger partial charge in [-0.05, 0) is 54.3 Å². The van der Waals surface area contributed by atoms with E-state index in [1.165, 1.54) is 13.2 Å². The highest BCUT2D eigenvalue weighted by atomic mass is 35.5. The van der Waals surface area contributed by atoms with Gasteiger partial charge in [0.1, 0.15) is 39.8 Å². The SMILES string of the molecule is CCOC(=O)c1ccsc1NC(=O)C(C#N)=Cc1ccc(OC)c(COc2cccc(Cl)c2Cl)c1. The Kier molecular flexibility index (Phi) is 9.15. The number of rotatable bonds is 9. The first-order valence-electron chi connectivity index (χ1n) is 10.3. The van der Waals surface area contributed by atoms with Gasteiger partial charge in [0.05, 0.1) is 24.3 Å². The first kappa shape index (κ1) is 26.1. The van der Waals surface area contributed by atoms with E-state index >= 15 is 0 Å². The molecule has 2 aromatic carbocycles. The summed E-state index contributed by atoms with van der Waals surface area (Å²) in [6, 6.07) is 13.7. The van der Waals surface area contributed by atoms with Crippen molar-refractivity contribution in [3.05, 3.63) is 80.2 Å². The third-order valence-corrected chi connectivity index (χ3v) is 6.30. The Balaban J connectivity index is 1.81. The van der Waals surface area contributed by atoms with E-state index in [2.05, 4.69) is 5.32 Å². The van der Waals surface area contributed by atoms with Gasteiger partial charge in [-0.25, -0.2) is 4.79 Å². The van der Waals surface area contributed by atoms with Crippen molar-refractivity contribution in [2.24, 2.45) is 0 Å². The fourth-order valence-electron chi connectivity index (χ4n) is 3.01. The molecule has 10 heteroatoms. The maximum absolute atomic E-state index is 12.7. The van der Waals surface area contributed by atoms with Gasteiger partial charge in [0.2, 0.25) is 0 Å². The van der Waals surface area contributed by atoms with Gasteiger partial charge in [-0.1, -0.05) is 35.3 Å². The number of hydrogen-bond acceptors (Lipinski definition) is 7. The minimum Gasteiger partial charge on any atom is -0.496 e. The summed E-state index contributed by atoms with van der Waals surface area (Å²) in [6.45, 7) is 2.01. The second-order valence-electron chi connectivity index (χ2n) is 6.92. The molecule has 1 amide bonds. The van der Waals surface area contributed by atoms with Crippen molar-refractivity contribution in [3.8, 4) is 17.6 Å². The first-order chi connectivity index (χ1) is 16.9. The van der Waals surface area contributed by atoms with E-state index in [9.17, 15) is 14.9 Å². The van der Waals surface area contributed by atoms with Crippen LogP contribution in [0.2, 0.25) is 10.0 Å². The van der Waals surface area contributed by atoms with E-state index in [1.807, 2.05) is 6.07 Å². The molecule has 0 bridgehead atoms. The number of carbonyl (C=O) groups is 2. The molecule has 180 valence electrons. The number of halogens is 2. The van der Waals surface area contributed by atoms with Crippen molar-refractivity contribution in [2.45, 2.75) is 13.5 Å². The highest BCUT2D eigenvalue weighted by Crippen LogP contribution is 2.33. The Hall–Kier alpha value is -3.51. The molecular weight excluding hydrogens is 511 g/mol. The Morgan fingerprint density at radius 3 is 2.69 bits per heavy atom. The van der Waals surface area contributed by atoms with Gasteiger partial charge in [-0.15, -0.1) is 11.3 Å². The van der Waals surface area contributed by atoms with Gasteiger partial charge >= 0.3 is 5.97 Å². The Bertz CT molecular complexity index is 1310. The number of hydrogen-bond donors (Lipinski definition) is 1. The Labute approximate surface area is 216 Å². The number of esters is 1. The number of carbonyl (C=O) groups excluding carboxylic acids is 2. The molecule has 0 spiro atoms. The van der Waals surface area contributed by atoms with Crippen molar-refractivity contribution in [1.29, 1.82) is 5.26 Å². The fraction of sp³-hybridized carbons (Fsp3) is 0.160. The number of methoxy groups -OCH3 is 1. The van der Waals surface area contributed by atoms with Crippen molar-refractivity contribution in [3.63, 3.8) is 0 Å². The van der Waals surface area contributed by atoms with Gasteiger partial charge in [0.25, 0.3) is 5.91 Å². The number of amides is 1. The van der Waals surface area contributed by atoms with Crippen LogP contribution < -0.4 is 14.8 Å². The lowest BCUT2D eigenvalue weighted by Gasteiger charge is -2.13. The van der Waals surface area contributed by atoms with Crippen LogP contribution in [0.25, 0.3) is 6.08 Å². The molecule has 1 N–H and O–H groups in total. The largest absolute Gasteiger partial charge is 0.496 e. The molecule has 0 aliphatic carbocycles. The van der Waals surface area contributed by atoms with E-state index in [0.717, 1.165) is 11.3 Å². The molecule has 1 heterocycles. The Morgan fingerprint density at radius 1 is 1.17 bits per heavy atom. The van der Waals surface area contributed by atoms with Crippen molar-refractivity contribution in [2.75, 3.05) is 19.0 Å². The molecule has 0 aliphatic rings. The van der Waals surface area contributed by atoms with Gasteiger partial charge < -0.3 is 19.5 Å². The fourth-order valence-corrected chi connectivity index (χ4v) is 4.13. The summed E-state index contributed by atoms with van der Waals surface area (Å²) in [5.41, 5.74) is 1.32. The minimum absolute atomic E-state index is 0.108. The van der Waals surface area contributed by atoms with Crippen LogP contribution >= 0.6 is 34.5 Å². The molecular formula is C25H20Cl2N2O5S. The third-order valence-electron chi connectivity index (χ3n) is 4.67. The molecule has 0 aliphatic heterocycles. The Morgan fingerprint density at radius 2 is 1.97 bits per heavy atom. The standard InChI is InChI=1S/C25H20Cl2N2O5S/c1-3-33-25(31)18-9-10-35-24(18)29-23(30)16(13-28)11-15-7-8-20(32-2)17(12-15)14-34-21-6-4-5-19(26)22(21)27/h4-12H,3,14H2,1-2H3,(H,29,30). The van der Waals surface area contributed by atoms with E-state index in [0.29, 0.717) is 37.7 Å². The molecule has 0 atom stereocenters. The molecule has 0 unspecified atom stereocenters. The molecule has 3 aromatic rings. The summed E-state index contributed by atoms with van der Waals surface area (Å²) >= 11 is 13.4. The molecule has 7 nitrogen and oxygen atoms in total. The summed E-state index contributed by atoms with van der Waals surface area (Å²) in [4.78, 5) is 24.8. The highest BCUT2D eigenvalue weighted by molar-refractivity contribution is 7.14. The first-order valence-corrected chi connectivity index (χ1v) is 11.9. The summed E-state index contributed by atoms with van der Waals surface area (Å²) < 4.78 is 16.2. The topological polar surface area (TPSA) is 97.7 Å². The van der Waals surface area contributed by atoms with Crippen molar-refractivity contribution >= 4 is 57.5 Å². The molecule has 0 fully saturated rings. The van der Waals surface area contributed by atoms with Gasteiger partial charge in [0.15, 0.2) is 0 Å². The number of thiophene rings is 1.